The first-order valence-corrected chi connectivity index (χ1v) is 8.11. The Bertz CT molecular complexity index is 898. The van der Waals surface area contributed by atoms with Crippen molar-refractivity contribution in [1.82, 2.24) is 5.32 Å². The summed E-state index contributed by atoms with van der Waals surface area (Å²) in [7, 11) is 3.25. The summed E-state index contributed by atoms with van der Waals surface area (Å²) in [4.78, 5) is 12.4. The summed E-state index contributed by atoms with van der Waals surface area (Å²) in [5, 5.41) is 3.87. The van der Waals surface area contributed by atoms with Gasteiger partial charge in [0.2, 0.25) is 0 Å². The number of methoxy groups -OCH3 is 2. The Morgan fingerprint density at radius 1 is 1.12 bits per heavy atom. The smallest absolute Gasteiger partial charge is 0.287 e. The number of benzene rings is 2. The third-order valence-electron chi connectivity index (χ3n) is 4.22. The zero-order valence-electron chi connectivity index (χ0n) is 14.6. The zero-order valence-corrected chi connectivity index (χ0v) is 14.6. The van der Waals surface area contributed by atoms with Crippen LogP contribution in [-0.4, -0.2) is 26.7 Å². The van der Waals surface area contributed by atoms with E-state index in [0.717, 1.165) is 33.6 Å². The summed E-state index contributed by atoms with van der Waals surface area (Å²) in [5.74, 6) is 1.68. The van der Waals surface area contributed by atoms with E-state index in [9.17, 15) is 4.79 Å². The van der Waals surface area contributed by atoms with Gasteiger partial charge >= 0.3 is 0 Å². The molecule has 1 aromatic heterocycles. The second-order valence-electron chi connectivity index (χ2n) is 5.74. The maximum Gasteiger partial charge on any atom is 0.287 e. The molecule has 3 aromatic rings. The molecule has 0 fully saturated rings. The van der Waals surface area contributed by atoms with Crippen LogP contribution in [-0.2, 0) is 6.42 Å². The van der Waals surface area contributed by atoms with E-state index in [2.05, 4.69) is 5.32 Å². The number of hydrogen-bond donors (Lipinski definition) is 1. The quantitative estimate of drug-likeness (QED) is 0.743. The van der Waals surface area contributed by atoms with Crippen molar-refractivity contribution in [2.75, 3.05) is 20.8 Å². The van der Waals surface area contributed by atoms with Crippen molar-refractivity contribution in [2.24, 2.45) is 0 Å². The van der Waals surface area contributed by atoms with Gasteiger partial charge in [-0.05, 0) is 43.2 Å². The molecule has 0 aliphatic rings. The summed E-state index contributed by atoms with van der Waals surface area (Å²) < 4.78 is 16.3. The highest BCUT2D eigenvalue weighted by molar-refractivity contribution is 5.98. The Morgan fingerprint density at radius 3 is 2.64 bits per heavy atom. The third kappa shape index (κ3) is 3.45. The topological polar surface area (TPSA) is 60.7 Å². The molecule has 0 radical (unpaired) electrons. The van der Waals surface area contributed by atoms with E-state index in [1.165, 1.54) is 0 Å². The normalized spacial score (nSPS) is 10.7. The number of furan rings is 1. The number of hydrogen-bond acceptors (Lipinski definition) is 4. The van der Waals surface area contributed by atoms with Crippen LogP contribution in [0.15, 0.2) is 46.9 Å². The zero-order chi connectivity index (χ0) is 17.8. The molecule has 0 aliphatic heterocycles. The van der Waals surface area contributed by atoms with Crippen LogP contribution in [0, 0.1) is 6.92 Å². The molecule has 0 bridgehead atoms. The van der Waals surface area contributed by atoms with Crippen LogP contribution in [0.25, 0.3) is 11.0 Å². The maximum absolute atomic E-state index is 12.4. The van der Waals surface area contributed by atoms with Crippen LogP contribution in [0.1, 0.15) is 21.7 Å². The second-order valence-corrected chi connectivity index (χ2v) is 5.74. The molecule has 25 heavy (non-hydrogen) atoms. The van der Waals surface area contributed by atoms with Gasteiger partial charge in [-0.1, -0.05) is 18.2 Å². The third-order valence-corrected chi connectivity index (χ3v) is 4.22. The molecule has 0 spiro atoms. The van der Waals surface area contributed by atoms with E-state index in [-0.39, 0.29) is 5.91 Å². The van der Waals surface area contributed by atoms with Crippen LogP contribution in [0.3, 0.4) is 0 Å². The lowest BCUT2D eigenvalue weighted by Gasteiger charge is -2.11. The van der Waals surface area contributed by atoms with Gasteiger partial charge < -0.3 is 19.2 Å². The fourth-order valence-corrected chi connectivity index (χ4v) is 2.86. The molecule has 130 valence electrons. The molecule has 2 aromatic carbocycles. The molecule has 0 atom stereocenters. The molecule has 1 heterocycles. The highest BCUT2D eigenvalue weighted by Crippen LogP contribution is 2.26. The molecule has 1 N–H and O–H groups in total. The number of ether oxygens (including phenoxy) is 2. The van der Waals surface area contributed by atoms with Gasteiger partial charge in [-0.15, -0.1) is 0 Å². The Labute approximate surface area is 146 Å². The van der Waals surface area contributed by atoms with Crippen molar-refractivity contribution in [1.29, 1.82) is 0 Å². The Hall–Kier alpha value is -2.95. The summed E-state index contributed by atoms with van der Waals surface area (Å²) in [5.41, 5.74) is 2.55. The molecule has 0 saturated heterocycles. The van der Waals surface area contributed by atoms with E-state index in [4.69, 9.17) is 13.9 Å². The first-order chi connectivity index (χ1) is 12.1. The average Bonchev–Trinajstić information content (AvgIpc) is 2.98. The molecule has 3 rings (SSSR count). The minimum atomic E-state index is -0.212. The predicted molar refractivity (Wildman–Crippen MR) is 96.5 cm³/mol. The first-order valence-electron chi connectivity index (χ1n) is 8.11. The van der Waals surface area contributed by atoms with E-state index in [1.807, 2.05) is 49.4 Å². The van der Waals surface area contributed by atoms with Crippen molar-refractivity contribution in [3.63, 3.8) is 0 Å². The standard InChI is InChI=1S/C20H21NO4/c1-13-16-6-4-5-7-18(16)25-19(13)20(22)21-11-10-14-12-15(23-2)8-9-17(14)24-3/h4-9,12H,10-11H2,1-3H3,(H,21,22). The fraction of sp³-hybridized carbons (Fsp3) is 0.250. The summed E-state index contributed by atoms with van der Waals surface area (Å²) in [6, 6.07) is 13.3. The van der Waals surface area contributed by atoms with Gasteiger partial charge in [0.1, 0.15) is 17.1 Å². The minimum absolute atomic E-state index is 0.212. The van der Waals surface area contributed by atoms with E-state index >= 15 is 0 Å². The maximum atomic E-state index is 12.4. The van der Waals surface area contributed by atoms with Crippen LogP contribution in [0.5, 0.6) is 11.5 Å². The lowest BCUT2D eigenvalue weighted by atomic mass is 10.1. The molecule has 1 amide bonds. The van der Waals surface area contributed by atoms with Crippen molar-refractivity contribution in [2.45, 2.75) is 13.3 Å². The number of amides is 1. The molecular formula is C20H21NO4. The number of aryl methyl sites for hydroxylation is 1. The molecular weight excluding hydrogens is 318 g/mol. The van der Waals surface area contributed by atoms with Gasteiger partial charge in [0.05, 0.1) is 14.2 Å². The Kier molecular flexibility index (Phi) is 4.93. The summed E-state index contributed by atoms with van der Waals surface area (Å²) in [6.45, 7) is 2.37. The van der Waals surface area contributed by atoms with Crippen molar-refractivity contribution in [3.05, 3.63) is 59.4 Å². The van der Waals surface area contributed by atoms with Crippen LogP contribution in [0.2, 0.25) is 0 Å². The highest BCUT2D eigenvalue weighted by Gasteiger charge is 2.17. The average molecular weight is 339 g/mol. The number of para-hydroxylation sites is 1. The summed E-state index contributed by atoms with van der Waals surface area (Å²) in [6.07, 6.45) is 0.630. The Balaban J connectivity index is 1.69. The minimum Gasteiger partial charge on any atom is -0.497 e. The van der Waals surface area contributed by atoms with Gasteiger partial charge in [0, 0.05) is 17.5 Å². The predicted octanol–water partition coefficient (Wildman–Crippen LogP) is 3.73. The van der Waals surface area contributed by atoms with Crippen LogP contribution < -0.4 is 14.8 Å². The summed E-state index contributed by atoms with van der Waals surface area (Å²) >= 11 is 0. The molecule has 0 unspecified atom stereocenters. The lowest BCUT2D eigenvalue weighted by Crippen LogP contribution is -2.26. The van der Waals surface area contributed by atoms with Crippen LogP contribution >= 0.6 is 0 Å². The molecule has 0 saturated carbocycles. The van der Waals surface area contributed by atoms with Crippen molar-refractivity contribution in [3.8, 4) is 11.5 Å². The van der Waals surface area contributed by atoms with E-state index in [0.29, 0.717) is 18.7 Å². The fourth-order valence-electron chi connectivity index (χ4n) is 2.86. The van der Waals surface area contributed by atoms with Gasteiger partial charge in [-0.3, -0.25) is 4.79 Å². The van der Waals surface area contributed by atoms with E-state index < -0.39 is 0 Å². The van der Waals surface area contributed by atoms with Crippen molar-refractivity contribution < 1.29 is 18.7 Å². The van der Waals surface area contributed by atoms with Gasteiger partial charge in [0.15, 0.2) is 5.76 Å². The first kappa shape index (κ1) is 16.9. The SMILES string of the molecule is COc1ccc(OC)c(CCNC(=O)c2oc3ccccc3c2C)c1. The molecule has 5 nitrogen and oxygen atoms in total. The highest BCUT2D eigenvalue weighted by atomic mass is 16.5. The van der Waals surface area contributed by atoms with Crippen LogP contribution in [0.4, 0.5) is 0 Å². The second kappa shape index (κ2) is 7.30. The number of carbonyl (C=O) groups is 1. The number of fused-ring (bicyclic) bond motifs is 1. The monoisotopic (exact) mass is 339 g/mol. The number of rotatable bonds is 6. The lowest BCUT2D eigenvalue weighted by molar-refractivity contribution is 0.0927. The van der Waals surface area contributed by atoms with Gasteiger partial charge in [-0.2, -0.15) is 0 Å². The number of carbonyl (C=O) groups excluding carboxylic acids is 1. The van der Waals surface area contributed by atoms with Gasteiger partial charge in [-0.25, -0.2) is 0 Å². The van der Waals surface area contributed by atoms with Gasteiger partial charge in [0.25, 0.3) is 5.91 Å². The number of nitrogens with one attached hydrogen (secondary N) is 1. The van der Waals surface area contributed by atoms with Crippen molar-refractivity contribution >= 4 is 16.9 Å². The molecule has 0 aliphatic carbocycles. The Morgan fingerprint density at radius 2 is 1.92 bits per heavy atom. The van der Waals surface area contributed by atoms with E-state index in [1.54, 1.807) is 14.2 Å². The molecule has 5 heteroatoms. The largest absolute Gasteiger partial charge is 0.497 e.